The Hall–Kier alpha value is -1.69. The van der Waals surface area contributed by atoms with Crippen LogP contribution in [0.5, 0.6) is 0 Å². The molecule has 0 aliphatic carbocycles. The van der Waals surface area contributed by atoms with Crippen LogP contribution >= 0.6 is 35.0 Å². The Morgan fingerprint density at radius 1 is 1.19 bits per heavy atom. The van der Waals surface area contributed by atoms with Crippen molar-refractivity contribution in [3.8, 4) is 11.3 Å². The lowest BCUT2D eigenvalue weighted by atomic mass is 10.2. The molecule has 0 radical (unpaired) electrons. The van der Waals surface area contributed by atoms with Gasteiger partial charge < -0.3 is 10.2 Å². The van der Waals surface area contributed by atoms with Crippen molar-refractivity contribution >= 4 is 52.1 Å². The summed E-state index contributed by atoms with van der Waals surface area (Å²) in [6.07, 6.45) is 1.66. The maximum atomic E-state index is 11.2. The van der Waals surface area contributed by atoms with Crippen LogP contribution in [0.1, 0.15) is 5.76 Å². The van der Waals surface area contributed by atoms with Crippen LogP contribution in [-0.2, 0) is 0 Å². The molecule has 7 heteroatoms. The molecule has 0 atom stereocenters. The van der Waals surface area contributed by atoms with Crippen LogP contribution < -0.4 is 5.73 Å². The van der Waals surface area contributed by atoms with Gasteiger partial charge in [-0.15, -0.1) is 0 Å². The quantitative estimate of drug-likeness (QED) is 0.852. The number of carbonyl (C=O) groups excluding carboxylic acids is 1. The summed E-state index contributed by atoms with van der Waals surface area (Å²) in [6.45, 7) is 0. The third kappa shape index (κ3) is 2.85. The van der Waals surface area contributed by atoms with Crippen LogP contribution in [0.4, 0.5) is 4.79 Å². The molecule has 3 rings (SSSR count). The number of benzene rings is 1. The van der Waals surface area contributed by atoms with Crippen molar-refractivity contribution in [2.24, 2.45) is 10.7 Å². The number of carbonyl (C=O) groups is 1. The van der Waals surface area contributed by atoms with Crippen LogP contribution in [0.25, 0.3) is 17.4 Å². The monoisotopic (exact) mass is 338 g/mol. The minimum atomic E-state index is -0.334. The first-order valence-corrected chi connectivity index (χ1v) is 7.44. The van der Waals surface area contributed by atoms with Gasteiger partial charge in [-0.25, -0.2) is 0 Å². The molecule has 4 nitrogen and oxygen atoms in total. The Bertz CT molecular complexity index is 776. The highest BCUT2D eigenvalue weighted by molar-refractivity contribution is 8.18. The van der Waals surface area contributed by atoms with Crippen LogP contribution in [0.15, 0.2) is 44.6 Å². The molecular weight excluding hydrogens is 331 g/mol. The van der Waals surface area contributed by atoms with Gasteiger partial charge in [-0.1, -0.05) is 29.3 Å². The minimum absolute atomic E-state index is 0.193. The molecule has 2 N–H and O–H groups in total. The van der Waals surface area contributed by atoms with Crippen molar-refractivity contribution in [3.05, 3.63) is 51.0 Å². The standard InChI is InChI=1S/C14H8Cl2N2O2S/c15-8-2-1-3-9(16)12(8)10-5-4-7(20-10)6-11-13(17)18-14(19)21-11/h1-6H,(H2,17,18,19)/b11-6-. The second-order valence-electron chi connectivity index (χ2n) is 4.17. The van der Waals surface area contributed by atoms with Gasteiger partial charge in [-0.05, 0) is 42.1 Å². The van der Waals surface area contributed by atoms with Crippen molar-refractivity contribution in [2.75, 3.05) is 0 Å². The summed E-state index contributed by atoms with van der Waals surface area (Å²) in [4.78, 5) is 15.3. The second kappa shape index (κ2) is 5.60. The van der Waals surface area contributed by atoms with Gasteiger partial charge in [0.2, 0.25) is 0 Å². The van der Waals surface area contributed by atoms with Crippen molar-refractivity contribution < 1.29 is 9.21 Å². The maximum absolute atomic E-state index is 11.2. The van der Waals surface area contributed by atoms with Crippen LogP contribution in [-0.4, -0.2) is 11.1 Å². The van der Waals surface area contributed by atoms with Gasteiger partial charge in [-0.3, -0.25) is 4.79 Å². The molecule has 1 aliphatic rings. The highest BCUT2D eigenvalue weighted by Crippen LogP contribution is 2.36. The maximum Gasteiger partial charge on any atom is 0.311 e. The summed E-state index contributed by atoms with van der Waals surface area (Å²) in [5.74, 6) is 1.28. The second-order valence-corrected chi connectivity index (χ2v) is 5.98. The number of aliphatic imine (C=N–C) groups is 1. The molecule has 0 spiro atoms. The Morgan fingerprint density at radius 2 is 1.90 bits per heavy atom. The predicted molar refractivity (Wildman–Crippen MR) is 86.8 cm³/mol. The zero-order chi connectivity index (χ0) is 15.0. The highest BCUT2D eigenvalue weighted by atomic mass is 35.5. The molecule has 0 saturated heterocycles. The van der Waals surface area contributed by atoms with E-state index in [1.807, 2.05) is 0 Å². The van der Waals surface area contributed by atoms with Gasteiger partial charge in [0.15, 0.2) is 0 Å². The fourth-order valence-corrected chi connectivity index (χ4v) is 3.09. The number of amidine groups is 1. The SMILES string of the molecule is NC1=NC(=O)S/C1=C\c1ccc(-c2c(Cl)cccc2Cl)o1. The largest absolute Gasteiger partial charge is 0.457 e. The lowest BCUT2D eigenvalue weighted by molar-refractivity contribution is 0.268. The van der Waals surface area contributed by atoms with Crippen LogP contribution in [0, 0.1) is 0 Å². The number of thioether (sulfide) groups is 1. The molecule has 1 aromatic heterocycles. The lowest BCUT2D eigenvalue weighted by Crippen LogP contribution is -2.08. The highest BCUT2D eigenvalue weighted by Gasteiger charge is 2.19. The molecule has 0 bridgehead atoms. The van der Waals surface area contributed by atoms with E-state index in [-0.39, 0.29) is 11.1 Å². The topological polar surface area (TPSA) is 68.6 Å². The van der Waals surface area contributed by atoms with E-state index >= 15 is 0 Å². The van der Waals surface area contributed by atoms with Gasteiger partial charge in [0, 0.05) is 0 Å². The number of furan rings is 1. The Balaban J connectivity index is 1.97. The van der Waals surface area contributed by atoms with Gasteiger partial charge in [0.25, 0.3) is 0 Å². The van der Waals surface area contributed by atoms with Gasteiger partial charge >= 0.3 is 5.24 Å². The fraction of sp³-hybridized carbons (Fsp3) is 0. The number of halogens is 2. The molecule has 1 aliphatic heterocycles. The van der Waals surface area contributed by atoms with Crippen molar-refractivity contribution in [3.63, 3.8) is 0 Å². The average molecular weight is 339 g/mol. The third-order valence-corrected chi connectivity index (χ3v) is 4.21. The summed E-state index contributed by atoms with van der Waals surface area (Å²) in [7, 11) is 0. The average Bonchev–Trinajstić information content (AvgIpc) is 2.97. The first-order chi connectivity index (χ1) is 10.0. The fourth-order valence-electron chi connectivity index (χ4n) is 1.85. The molecule has 21 heavy (non-hydrogen) atoms. The minimum Gasteiger partial charge on any atom is -0.457 e. The molecule has 2 aromatic rings. The number of hydrogen-bond acceptors (Lipinski definition) is 4. The Morgan fingerprint density at radius 3 is 2.52 bits per heavy atom. The summed E-state index contributed by atoms with van der Waals surface area (Å²) >= 11 is 13.2. The van der Waals surface area contributed by atoms with E-state index < -0.39 is 0 Å². The molecular formula is C14H8Cl2N2O2S. The van der Waals surface area contributed by atoms with E-state index in [1.165, 1.54) is 0 Å². The first kappa shape index (κ1) is 14.3. The van der Waals surface area contributed by atoms with Crippen molar-refractivity contribution in [1.29, 1.82) is 0 Å². The summed E-state index contributed by atoms with van der Waals surface area (Å²) in [5.41, 5.74) is 6.27. The molecule has 0 unspecified atom stereocenters. The van der Waals surface area contributed by atoms with E-state index in [0.717, 1.165) is 11.8 Å². The predicted octanol–water partition coefficient (Wildman–Crippen LogP) is 4.82. The first-order valence-electron chi connectivity index (χ1n) is 5.87. The van der Waals surface area contributed by atoms with E-state index in [4.69, 9.17) is 33.4 Å². The molecule has 0 fully saturated rings. The lowest BCUT2D eigenvalue weighted by Gasteiger charge is -2.02. The third-order valence-electron chi connectivity index (χ3n) is 2.77. The van der Waals surface area contributed by atoms with E-state index in [0.29, 0.717) is 32.0 Å². The van der Waals surface area contributed by atoms with Gasteiger partial charge in [0.05, 0.1) is 20.5 Å². The Labute approximate surface area is 134 Å². The molecule has 1 aromatic carbocycles. The van der Waals surface area contributed by atoms with Gasteiger partial charge in [-0.2, -0.15) is 4.99 Å². The smallest absolute Gasteiger partial charge is 0.311 e. The number of hydrogen-bond donors (Lipinski definition) is 1. The zero-order valence-electron chi connectivity index (χ0n) is 10.5. The summed E-state index contributed by atoms with van der Waals surface area (Å²) in [5, 5.41) is 0.671. The number of amides is 1. The van der Waals surface area contributed by atoms with E-state index in [9.17, 15) is 4.79 Å². The molecule has 2 heterocycles. The summed E-state index contributed by atoms with van der Waals surface area (Å²) < 4.78 is 5.70. The van der Waals surface area contributed by atoms with Crippen LogP contribution in [0.2, 0.25) is 10.0 Å². The van der Waals surface area contributed by atoms with Gasteiger partial charge in [0.1, 0.15) is 17.4 Å². The van der Waals surface area contributed by atoms with E-state index in [1.54, 1.807) is 36.4 Å². The molecule has 1 amide bonds. The van der Waals surface area contributed by atoms with Crippen molar-refractivity contribution in [2.45, 2.75) is 0 Å². The Kier molecular flexibility index (Phi) is 3.80. The molecule has 106 valence electrons. The number of rotatable bonds is 2. The van der Waals surface area contributed by atoms with Crippen molar-refractivity contribution in [1.82, 2.24) is 0 Å². The summed E-state index contributed by atoms with van der Waals surface area (Å²) in [6, 6.07) is 8.74. The molecule has 0 saturated carbocycles. The number of nitrogens with two attached hydrogens (primary N) is 1. The normalized spacial score (nSPS) is 16.6. The zero-order valence-corrected chi connectivity index (χ0v) is 12.8. The van der Waals surface area contributed by atoms with Crippen LogP contribution in [0.3, 0.4) is 0 Å². The number of nitrogens with zero attached hydrogens (tertiary/aromatic N) is 1. The van der Waals surface area contributed by atoms with E-state index in [2.05, 4.69) is 4.99 Å².